The molecule has 2 atom stereocenters. The third-order valence-corrected chi connectivity index (χ3v) is 4.59. The van der Waals surface area contributed by atoms with E-state index in [1.54, 1.807) is 14.2 Å². The predicted octanol–water partition coefficient (Wildman–Crippen LogP) is 3.12. The van der Waals surface area contributed by atoms with Gasteiger partial charge in [0.05, 0.1) is 13.2 Å². The quantitative estimate of drug-likeness (QED) is 0.335. The van der Waals surface area contributed by atoms with Crippen LogP contribution in [0.3, 0.4) is 0 Å². The zero-order chi connectivity index (χ0) is 17.6. The van der Waals surface area contributed by atoms with Gasteiger partial charge in [0.25, 0.3) is 0 Å². The Morgan fingerprint density at radius 3 is 2.13 bits per heavy atom. The monoisotopic (exact) mass is 334 g/mol. The van der Waals surface area contributed by atoms with E-state index in [9.17, 15) is 5.11 Å². The largest absolute Gasteiger partial charge is 0.394 e. The van der Waals surface area contributed by atoms with Crippen LogP contribution in [0.5, 0.6) is 0 Å². The van der Waals surface area contributed by atoms with Crippen molar-refractivity contribution in [2.45, 2.75) is 77.1 Å². The van der Waals surface area contributed by atoms with Crippen molar-refractivity contribution < 1.29 is 24.4 Å². The highest BCUT2D eigenvalue weighted by Gasteiger charge is 2.33. The van der Waals surface area contributed by atoms with E-state index < -0.39 is 11.9 Å². The van der Waals surface area contributed by atoms with Gasteiger partial charge in [-0.2, -0.15) is 0 Å². The Labute approximate surface area is 142 Å². The summed E-state index contributed by atoms with van der Waals surface area (Å²) in [7, 11) is 3.35. The van der Waals surface area contributed by atoms with E-state index in [-0.39, 0.29) is 19.1 Å². The van der Waals surface area contributed by atoms with Gasteiger partial charge in [0.15, 0.2) is 5.79 Å². The molecular formula is C18H38O5. The van der Waals surface area contributed by atoms with Crippen LogP contribution in [-0.4, -0.2) is 56.1 Å². The smallest absolute Gasteiger partial charge is 0.167 e. The summed E-state index contributed by atoms with van der Waals surface area (Å²) in [5.74, 6) is -0.363. The molecule has 0 fully saturated rings. The van der Waals surface area contributed by atoms with Gasteiger partial charge in [-0.3, -0.25) is 0 Å². The SMILES string of the molecule is CCCCCCCCC(CCOCC(O)CO)C(C)(OC)OC. The van der Waals surface area contributed by atoms with Crippen LogP contribution in [0, 0.1) is 5.92 Å². The number of ether oxygens (including phenoxy) is 3. The number of hydrogen-bond donors (Lipinski definition) is 2. The third-order valence-electron chi connectivity index (χ3n) is 4.59. The van der Waals surface area contributed by atoms with Crippen LogP contribution in [-0.2, 0) is 14.2 Å². The summed E-state index contributed by atoms with van der Waals surface area (Å²) >= 11 is 0. The molecule has 2 unspecified atom stereocenters. The van der Waals surface area contributed by atoms with Crippen molar-refractivity contribution in [3.05, 3.63) is 0 Å². The van der Waals surface area contributed by atoms with Crippen LogP contribution in [0.1, 0.15) is 65.2 Å². The highest BCUT2D eigenvalue weighted by Crippen LogP contribution is 2.30. The second-order valence-corrected chi connectivity index (χ2v) is 6.38. The molecule has 5 nitrogen and oxygen atoms in total. The summed E-state index contributed by atoms with van der Waals surface area (Å²) in [4.78, 5) is 0. The molecule has 0 saturated carbocycles. The maximum absolute atomic E-state index is 9.30. The lowest BCUT2D eigenvalue weighted by Gasteiger charge is -2.35. The molecule has 0 bridgehead atoms. The molecule has 0 aromatic heterocycles. The number of unbranched alkanes of at least 4 members (excludes halogenated alkanes) is 5. The minimum Gasteiger partial charge on any atom is -0.394 e. The van der Waals surface area contributed by atoms with Gasteiger partial charge in [-0.1, -0.05) is 45.4 Å². The summed E-state index contributed by atoms with van der Waals surface area (Å²) in [6.07, 6.45) is 8.64. The Hall–Kier alpha value is -0.200. The molecule has 0 spiro atoms. The molecule has 0 aliphatic carbocycles. The van der Waals surface area contributed by atoms with Crippen LogP contribution >= 0.6 is 0 Å². The zero-order valence-corrected chi connectivity index (χ0v) is 15.6. The average Bonchev–Trinajstić information content (AvgIpc) is 2.58. The van der Waals surface area contributed by atoms with E-state index in [0.717, 1.165) is 19.3 Å². The van der Waals surface area contributed by atoms with Gasteiger partial charge in [0.1, 0.15) is 6.10 Å². The fourth-order valence-corrected chi connectivity index (χ4v) is 2.75. The number of hydrogen-bond acceptors (Lipinski definition) is 5. The number of methoxy groups -OCH3 is 2. The van der Waals surface area contributed by atoms with Crippen molar-refractivity contribution in [3.63, 3.8) is 0 Å². The molecule has 0 aromatic carbocycles. The topological polar surface area (TPSA) is 68.2 Å². The second kappa shape index (κ2) is 14.2. The fraction of sp³-hybridized carbons (Fsp3) is 1.00. The number of aliphatic hydroxyl groups excluding tert-OH is 2. The predicted molar refractivity (Wildman–Crippen MR) is 92.4 cm³/mol. The summed E-state index contributed by atoms with van der Waals surface area (Å²) in [6, 6.07) is 0. The summed E-state index contributed by atoms with van der Waals surface area (Å²) < 4.78 is 16.6. The Morgan fingerprint density at radius 2 is 1.57 bits per heavy atom. The van der Waals surface area contributed by atoms with Crippen molar-refractivity contribution in [1.29, 1.82) is 0 Å². The van der Waals surface area contributed by atoms with Gasteiger partial charge in [-0.25, -0.2) is 0 Å². The van der Waals surface area contributed by atoms with Gasteiger partial charge in [0, 0.05) is 26.7 Å². The third kappa shape index (κ3) is 10.3. The molecular weight excluding hydrogens is 296 g/mol. The maximum atomic E-state index is 9.30. The van der Waals surface area contributed by atoms with Crippen LogP contribution in [0.4, 0.5) is 0 Å². The standard InChI is InChI=1S/C18H38O5/c1-5-6-7-8-9-10-11-16(18(2,21-3)22-4)12-13-23-15-17(20)14-19/h16-17,19-20H,5-15H2,1-4H3. The molecule has 0 rings (SSSR count). The van der Waals surface area contributed by atoms with Gasteiger partial charge < -0.3 is 24.4 Å². The lowest BCUT2D eigenvalue weighted by molar-refractivity contribution is -0.231. The van der Waals surface area contributed by atoms with Crippen molar-refractivity contribution in [1.82, 2.24) is 0 Å². The van der Waals surface area contributed by atoms with Gasteiger partial charge >= 0.3 is 0 Å². The second-order valence-electron chi connectivity index (χ2n) is 6.38. The Morgan fingerprint density at radius 1 is 0.957 bits per heavy atom. The van der Waals surface area contributed by atoms with Crippen LogP contribution in [0.25, 0.3) is 0 Å². The van der Waals surface area contributed by atoms with E-state index in [0.29, 0.717) is 6.61 Å². The van der Waals surface area contributed by atoms with Gasteiger partial charge in [0.2, 0.25) is 0 Å². The zero-order valence-electron chi connectivity index (χ0n) is 15.6. The molecule has 0 aliphatic heterocycles. The molecule has 0 saturated heterocycles. The van der Waals surface area contributed by atoms with E-state index in [1.807, 2.05) is 6.92 Å². The minimum absolute atomic E-state index is 0.164. The Bertz CT molecular complexity index is 256. The maximum Gasteiger partial charge on any atom is 0.167 e. The molecule has 0 aromatic rings. The molecule has 23 heavy (non-hydrogen) atoms. The van der Waals surface area contributed by atoms with Gasteiger partial charge in [-0.15, -0.1) is 0 Å². The highest BCUT2D eigenvalue weighted by molar-refractivity contribution is 4.75. The molecule has 5 heteroatoms. The van der Waals surface area contributed by atoms with E-state index >= 15 is 0 Å². The average molecular weight is 334 g/mol. The summed E-state index contributed by atoms with van der Waals surface area (Å²) in [6.45, 7) is 4.62. The Kier molecular flexibility index (Phi) is 14.0. The number of aliphatic hydroxyl groups is 2. The van der Waals surface area contributed by atoms with E-state index in [2.05, 4.69) is 6.92 Å². The lowest BCUT2D eigenvalue weighted by Crippen LogP contribution is -2.39. The van der Waals surface area contributed by atoms with Crippen molar-refractivity contribution in [2.75, 3.05) is 34.0 Å². The van der Waals surface area contributed by atoms with Crippen LogP contribution < -0.4 is 0 Å². The first-order chi connectivity index (χ1) is 11.0. The van der Waals surface area contributed by atoms with Crippen molar-refractivity contribution in [2.24, 2.45) is 5.92 Å². The molecule has 140 valence electrons. The normalized spacial score (nSPS) is 14.9. The summed E-state index contributed by atoms with van der Waals surface area (Å²) in [5.41, 5.74) is 0. The Balaban J connectivity index is 4.19. The van der Waals surface area contributed by atoms with Crippen molar-refractivity contribution >= 4 is 0 Å². The molecule has 0 amide bonds. The first kappa shape index (κ1) is 22.8. The summed E-state index contributed by atoms with van der Waals surface area (Å²) in [5, 5.41) is 18.1. The van der Waals surface area contributed by atoms with E-state index in [1.165, 1.54) is 32.1 Å². The van der Waals surface area contributed by atoms with Crippen molar-refractivity contribution in [3.8, 4) is 0 Å². The van der Waals surface area contributed by atoms with Crippen LogP contribution in [0.15, 0.2) is 0 Å². The molecule has 0 radical (unpaired) electrons. The molecule has 0 aliphatic rings. The van der Waals surface area contributed by atoms with Crippen LogP contribution in [0.2, 0.25) is 0 Å². The first-order valence-electron chi connectivity index (χ1n) is 9.01. The first-order valence-corrected chi connectivity index (χ1v) is 9.01. The molecule has 0 heterocycles. The fourth-order valence-electron chi connectivity index (χ4n) is 2.75. The van der Waals surface area contributed by atoms with E-state index in [4.69, 9.17) is 19.3 Å². The lowest BCUT2D eigenvalue weighted by atomic mass is 9.90. The molecule has 2 N–H and O–H groups in total. The number of rotatable bonds is 16. The minimum atomic E-state index is -0.803. The van der Waals surface area contributed by atoms with Gasteiger partial charge in [-0.05, 0) is 19.8 Å². The highest BCUT2D eigenvalue weighted by atomic mass is 16.7.